The summed E-state index contributed by atoms with van der Waals surface area (Å²) >= 11 is 0. The van der Waals surface area contributed by atoms with E-state index < -0.39 is 0 Å². The predicted octanol–water partition coefficient (Wildman–Crippen LogP) is 1.33. The van der Waals surface area contributed by atoms with Gasteiger partial charge in [0.05, 0.1) is 18.3 Å². The van der Waals surface area contributed by atoms with Crippen molar-refractivity contribution < 1.29 is 9.15 Å². The minimum atomic E-state index is 0.155. The van der Waals surface area contributed by atoms with E-state index in [9.17, 15) is 0 Å². The summed E-state index contributed by atoms with van der Waals surface area (Å²) in [6, 6.07) is 4.03. The van der Waals surface area contributed by atoms with Gasteiger partial charge in [0.1, 0.15) is 11.5 Å². The molecule has 2 atom stereocenters. The summed E-state index contributed by atoms with van der Waals surface area (Å²) in [5.41, 5.74) is 0.998. The van der Waals surface area contributed by atoms with Gasteiger partial charge in [0, 0.05) is 39.4 Å². The average Bonchev–Trinajstić information content (AvgIpc) is 3.10. The van der Waals surface area contributed by atoms with Gasteiger partial charge in [-0.15, -0.1) is 5.10 Å². The number of nitrogens with zero attached hydrogens (tertiary/aromatic N) is 4. The quantitative estimate of drug-likeness (QED) is 0.843. The fourth-order valence-corrected chi connectivity index (χ4v) is 2.83. The summed E-state index contributed by atoms with van der Waals surface area (Å²) in [6.45, 7) is 4.58. The van der Waals surface area contributed by atoms with Gasteiger partial charge in [-0.05, 0) is 19.1 Å². The highest BCUT2D eigenvalue weighted by Crippen LogP contribution is 2.29. The summed E-state index contributed by atoms with van der Waals surface area (Å²) in [5, 5.41) is 8.24. The molecule has 20 heavy (non-hydrogen) atoms. The average molecular weight is 276 g/mol. The van der Waals surface area contributed by atoms with Crippen molar-refractivity contribution >= 4 is 0 Å². The summed E-state index contributed by atoms with van der Waals surface area (Å²) in [4.78, 5) is 2.34. The molecule has 0 N–H and O–H groups in total. The van der Waals surface area contributed by atoms with Crippen molar-refractivity contribution in [2.24, 2.45) is 7.05 Å². The Hall–Kier alpha value is -1.66. The van der Waals surface area contributed by atoms with E-state index >= 15 is 0 Å². The van der Waals surface area contributed by atoms with Crippen LogP contribution in [0.3, 0.4) is 0 Å². The fraction of sp³-hybridized carbons (Fsp3) is 0.571. The van der Waals surface area contributed by atoms with E-state index in [1.165, 1.54) is 0 Å². The third kappa shape index (κ3) is 2.62. The van der Waals surface area contributed by atoms with E-state index in [0.29, 0.717) is 0 Å². The second-order valence-corrected chi connectivity index (χ2v) is 5.40. The minimum absolute atomic E-state index is 0.155. The molecule has 0 aliphatic carbocycles. The number of likely N-dealkylation sites (tertiary alicyclic amines) is 1. The lowest BCUT2D eigenvalue weighted by molar-refractivity contribution is 0.0950. The third-order valence-corrected chi connectivity index (χ3v) is 3.82. The van der Waals surface area contributed by atoms with E-state index in [2.05, 4.69) is 15.2 Å². The molecule has 0 amide bonds. The van der Waals surface area contributed by atoms with Crippen LogP contribution in [0, 0.1) is 6.92 Å². The molecule has 0 aromatic carbocycles. The second-order valence-electron chi connectivity index (χ2n) is 5.40. The Labute approximate surface area is 118 Å². The molecule has 1 aliphatic rings. The Morgan fingerprint density at radius 3 is 2.85 bits per heavy atom. The highest BCUT2D eigenvalue weighted by atomic mass is 16.5. The number of ether oxygens (including phenoxy) is 1. The van der Waals surface area contributed by atoms with Crippen LogP contribution in [0.15, 0.2) is 22.7 Å². The van der Waals surface area contributed by atoms with Gasteiger partial charge >= 0.3 is 0 Å². The van der Waals surface area contributed by atoms with Crippen molar-refractivity contribution in [3.05, 3.63) is 35.5 Å². The van der Waals surface area contributed by atoms with Gasteiger partial charge in [0.2, 0.25) is 0 Å². The topological polar surface area (TPSA) is 56.3 Å². The van der Waals surface area contributed by atoms with Crippen LogP contribution in [0.1, 0.15) is 23.1 Å². The molecule has 3 rings (SSSR count). The van der Waals surface area contributed by atoms with Crippen LogP contribution in [0.4, 0.5) is 0 Å². The van der Waals surface area contributed by atoms with E-state index in [-0.39, 0.29) is 12.0 Å². The van der Waals surface area contributed by atoms with Crippen molar-refractivity contribution in [2.45, 2.75) is 25.5 Å². The van der Waals surface area contributed by atoms with E-state index in [4.69, 9.17) is 9.15 Å². The van der Waals surface area contributed by atoms with Crippen molar-refractivity contribution in [1.29, 1.82) is 0 Å². The molecule has 1 fully saturated rings. The maximum absolute atomic E-state index is 5.64. The van der Waals surface area contributed by atoms with Crippen LogP contribution >= 0.6 is 0 Å². The minimum Gasteiger partial charge on any atom is -0.465 e. The normalized spacial score (nSPS) is 23.6. The first-order valence-corrected chi connectivity index (χ1v) is 6.82. The summed E-state index contributed by atoms with van der Waals surface area (Å²) in [6.07, 6.45) is 2.12. The zero-order valence-electron chi connectivity index (χ0n) is 12.1. The molecule has 0 unspecified atom stereocenters. The molecular weight excluding hydrogens is 256 g/mol. The molecule has 1 aliphatic heterocycles. The SMILES string of the molecule is CO[C@@H]1CN(Cc2ccc(C)o2)C[C@H]1c1cn(C)nn1. The highest BCUT2D eigenvalue weighted by molar-refractivity contribution is 5.11. The van der Waals surface area contributed by atoms with Gasteiger partial charge in [0.15, 0.2) is 0 Å². The molecule has 2 aromatic rings. The smallest absolute Gasteiger partial charge is 0.118 e. The first kappa shape index (κ1) is 13.3. The van der Waals surface area contributed by atoms with Crippen LogP contribution in [0.2, 0.25) is 0 Å². The number of aromatic nitrogens is 3. The summed E-state index contributed by atoms with van der Waals surface area (Å²) in [7, 11) is 3.64. The van der Waals surface area contributed by atoms with Crippen molar-refractivity contribution in [2.75, 3.05) is 20.2 Å². The van der Waals surface area contributed by atoms with Crippen molar-refractivity contribution in [3.8, 4) is 0 Å². The summed E-state index contributed by atoms with van der Waals surface area (Å²) in [5.74, 6) is 2.22. The molecule has 1 saturated heterocycles. The largest absolute Gasteiger partial charge is 0.465 e. The number of aryl methyl sites for hydroxylation is 2. The van der Waals surface area contributed by atoms with Gasteiger partial charge in [-0.2, -0.15) is 0 Å². The maximum Gasteiger partial charge on any atom is 0.118 e. The standard InChI is InChI=1S/C14H20N4O2/c1-10-4-5-11(20-10)6-18-7-12(14(9-18)19-3)13-8-17(2)16-15-13/h4-5,8,12,14H,6-7,9H2,1-3H3/t12-,14+/m0/s1. The summed E-state index contributed by atoms with van der Waals surface area (Å²) < 4.78 is 13.0. The molecule has 6 heteroatoms. The lowest BCUT2D eigenvalue weighted by Gasteiger charge is -2.13. The Balaban J connectivity index is 1.71. The molecule has 3 heterocycles. The van der Waals surface area contributed by atoms with Crippen LogP contribution in [0.5, 0.6) is 0 Å². The number of methoxy groups -OCH3 is 1. The Morgan fingerprint density at radius 1 is 1.40 bits per heavy atom. The third-order valence-electron chi connectivity index (χ3n) is 3.82. The van der Waals surface area contributed by atoms with Gasteiger partial charge < -0.3 is 9.15 Å². The van der Waals surface area contributed by atoms with Gasteiger partial charge in [0.25, 0.3) is 0 Å². The number of rotatable bonds is 4. The van der Waals surface area contributed by atoms with Crippen molar-refractivity contribution in [3.63, 3.8) is 0 Å². The molecule has 108 valence electrons. The molecule has 0 radical (unpaired) electrons. The predicted molar refractivity (Wildman–Crippen MR) is 73.3 cm³/mol. The Morgan fingerprint density at radius 2 is 2.25 bits per heavy atom. The molecule has 0 saturated carbocycles. The Kier molecular flexibility index (Phi) is 3.58. The molecular formula is C14H20N4O2. The van der Waals surface area contributed by atoms with Gasteiger partial charge in [-0.3, -0.25) is 9.58 Å². The number of furan rings is 1. The van der Waals surface area contributed by atoms with Crippen LogP contribution in [0.25, 0.3) is 0 Å². The lowest BCUT2D eigenvalue weighted by Crippen LogP contribution is -2.22. The first-order chi connectivity index (χ1) is 9.65. The highest BCUT2D eigenvalue weighted by Gasteiger charge is 2.35. The van der Waals surface area contributed by atoms with Crippen LogP contribution in [-0.4, -0.2) is 46.2 Å². The van der Waals surface area contributed by atoms with Gasteiger partial charge in [-0.1, -0.05) is 5.21 Å². The molecule has 0 spiro atoms. The van der Waals surface area contributed by atoms with E-state index in [1.807, 2.05) is 32.3 Å². The molecule has 6 nitrogen and oxygen atoms in total. The van der Waals surface area contributed by atoms with Crippen molar-refractivity contribution in [1.82, 2.24) is 19.9 Å². The number of hydrogen-bond acceptors (Lipinski definition) is 5. The Bertz CT molecular complexity index is 577. The zero-order chi connectivity index (χ0) is 14.1. The lowest BCUT2D eigenvalue weighted by atomic mass is 10.0. The second kappa shape index (κ2) is 5.38. The maximum atomic E-state index is 5.64. The van der Waals surface area contributed by atoms with Crippen LogP contribution in [-0.2, 0) is 18.3 Å². The monoisotopic (exact) mass is 276 g/mol. The first-order valence-electron chi connectivity index (χ1n) is 6.82. The zero-order valence-corrected chi connectivity index (χ0v) is 12.1. The van der Waals surface area contributed by atoms with E-state index in [0.717, 1.165) is 36.8 Å². The van der Waals surface area contributed by atoms with Crippen LogP contribution < -0.4 is 0 Å². The molecule has 0 bridgehead atoms. The molecule has 2 aromatic heterocycles. The number of hydrogen-bond donors (Lipinski definition) is 0. The van der Waals surface area contributed by atoms with E-state index in [1.54, 1.807) is 11.8 Å². The fourth-order valence-electron chi connectivity index (χ4n) is 2.83. The van der Waals surface area contributed by atoms with Gasteiger partial charge in [-0.25, -0.2) is 0 Å².